The minimum absolute atomic E-state index is 0.00206. The van der Waals surface area contributed by atoms with Gasteiger partial charge in [0.2, 0.25) is 0 Å². The van der Waals surface area contributed by atoms with Crippen LogP contribution in [0, 0.1) is 23.2 Å². The van der Waals surface area contributed by atoms with Crippen molar-refractivity contribution in [2.24, 2.45) is 11.8 Å². The number of nitrogens with zero attached hydrogens (tertiary/aromatic N) is 4. The van der Waals surface area contributed by atoms with E-state index in [0.29, 0.717) is 11.2 Å². The number of hydrogen-bond donors (Lipinski definition) is 2. The number of esters is 2. The van der Waals surface area contributed by atoms with Crippen molar-refractivity contribution in [3.8, 4) is 6.07 Å². The third-order valence-corrected chi connectivity index (χ3v) is 5.38. The third-order valence-electron chi connectivity index (χ3n) is 5.38. The molecule has 1 fully saturated rings. The van der Waals surface area contributed by atoms with E-state index in [9.17, 15) is 20.0 Å². The lowest BCUT2D eigenvalue weighted by Gasteiger charge is -2.23. The fourth-order valence-electron chi connectivity index (χ4n) is 3.45. The molecule has 0 aliphatic carbocycles. The molecule has 0 spiro atoms. The Balaban J connectivity index is 1.75. The van der Waals surface area contributed by atoms with Crippen LogP contribution in [0.25, 0.3) is 5.52 Å². The molecule has 11 nitrogen and oxygen atoms in total. The van der Waals surface area contributed by atoms with Crippen LogP contribution in [-0.4, -0.2) is 57.6 Å². The van der Waals surface area contributed by atoms with Gasteiger partial charge >= 0.3 is 11.9 Å². The zero-order chi connectivity index (χ0) is 22.6. The second kappa shape index (κ2) is 9.28. The quantitative estimate of drug-likeness (QED) is 0.565. The van der Waals surface area contributed by atoms with E-state index in [4.69, 9.17) is 19.9 Å². The first kappa shape index (κ1) is 22.5. The lowest BCUT2D eigenvalue weighted by atomic mass is 9.95. The van der Waals surface area contributed by atoms with E-state index < -0.39 is 35.5 Å². The van der Waals surface area contributed by atoms with Gasteiger partial charge in [-0.3, -0.25) is 9.59 Å². The molecule has 166 valence electrons. The highest BCUT2D eigenvalue weighted by atomic mass is 16.6. The Hall–Kier alpha value is -3.23. The number of aromatic nitrogens is 3. The molecular weight excluding hydrogens is 406 g/mol. The summed E-state index contributed by atoms with van der Waals surface area (Å²) in [6.07, 6.45) is 0.838. The van der Waals surface area contributed by atoms with Gasteiger partial charge in [0.25, 0.3) is 0 Å². The lowest BCUT2D eigenvalue weighted by molar-refractivity contribution is -0.162. The van der Waals surface area contributed by atoms with Gasteiger partial charge in [0, 0.05) is 19.4 Å². The van der Waals surface area contributed by atoms with Crippen LogP contribution in [-0.2, 0) is 29.4 Å². The number of nitriles is 1. The maximum atomic E-state index is 12.7. The predicted molar refractivity (Wildman–Crippen MR) is 106 cm³/mol. The molecule has 3 rings (SSSR count). The van der Waals surface area contributed by atoms with E-state index in [1.807, 2.05) is 0 Å². The monoisotopic (exact) mass is 431 g/mol. The molecule has 1 unspecified atom stereocenters. The Morgan fingerprint density at radius 2 is 2.29 bits per heavy atom. The average Bonchev–Trinajstić information content (AvgIpc) is 3.39. The van der Waals surface area contributed by atoms with E-state index >= 15 is 0 Å². The highest BCUT2D eigenvalue weighted by molar-refractivity contribution is 5.74. The van der Waals surface area contributed by atoms with Crippen molar-refractivity contribution in [1.29, 1.82) is 5.26 Å². The summed E-state index contributed by atoms with van der Waals surface area (Å²) in [5.41, 5.74) is 5.46. The fraction of sp³-hybridized carbons (Fsp3) is 0.550. The topological polar surface area (TPSA) is 162 Å². The van der Waals surface area contributed by atoms with Crippen LogP contribution in [0.2, 0.25) is 0 Å². The molecular formula is C20H25N5O6. The summed E-state index contributed by atoms with van der Waals surface area (Å²) in [6.45, 7) is 2.84. The second-order valence-corrected chi connectivity index (χ2v) is 7.48. The predicted octanol–water partition coefficient (Wildman–Crippen LogP) is 0.560. The minimum atomic E-state index is -1.38. The van der Waals surface area contributed by atoms with Gasteiger partial charge in [-0.2, -0.15) is 10.4 Å². The van der Waals surface area contributed by atoms with Crippen molar-refractivity contribution in [2.75, 3.05) is 25.6 Å². The number of fused-ring (bicyclic) bond motifs is 1. The highest BCUT2D eigenvalue weighted by Crippen LogP contribution is 2.38. The Morgan fingerprint density at radius 1 is 1.52 bits per heavy atom. The normalized spacial score (nSPS) is 22.6. The molecule has 4 atom stereocenters. The number of carbonyl (C=O) groups excluding carboxylic acids is 2. The van der Waals surface area contributed by atoms with E-state index in [1.165, 1.54) is 10.8 Å². The maximum absolute atomic E-state index is 12.7. The Bertz CT molecular complexity index is 1000. The first-order valence-corrected chi connectivity index (χ1v) is 9.96. The number of ether oxygens (including phenoxy) is 3. The van der Waals surface area contributed by atoms with E-state index in [-0.39, 0.29) is 38.5 Å². The van der Waals surface area contributed by atoms with Crippen LogP contribution in [0.3, 0.4) is 0 Å². The molecule has 2 aromatic heterocycles. The molecule has 1 aliphatic rings. The van der Waals surface area contributed by atoms with Crippen LogP contribution >= 0.6 is 0 Å². The molecule has 0 aromatic carbocycles. The van der Waals surface area contributed by atoms with Gasteiger partial charge in [-0.25, -0.2) is 9.50 Å². The van der Waals surface area contributed by atoms with Crippen LogP contribution < -0.4 is 5.73 Å². The van der Waals surface area contributed by atoms with E-state index in [0.717, 1.165) is 0 Å². The summed E-state index contributed by atoms with van der Waals surface area (Å²) in [7, 11) is 0. The molecule has 0 saturated carbocycles. The number of carbonyl (C=O) groups is 2. The Kier molecular flexibility index (Phi) is 6.72. The number of nitrogens with two attached hydrogens (primary N) is 1. The number of rotatable bonds is 8. The largest absolute Gasteiger partial charge is 0.465 e. The van der Waals surface area contributed by atoms with Gasteiger partial charge in [-0.1, -0.05) is 13.8 Å². The maximum Gasteiger partial charge on any atom is 0.313 e. The van der Waals surface area contributed by atoms with Crippen molar-refractivity contribution < 1.29 is 28.9 Å². The molecule has 2 aromatic rings. The number of aliphatic hydroxyl groups excluding tert-OH is 1. The zero-order valence-electron chi connectivity index (χ0n) is 17.4. The van der Waals surface area contributed by atoms with Gasteiger partial charge in [0.05, 0.1) is 18.2 Å². The fourth-order valence-corrected chi connectivity index (χ4v) is 3.45. The smallest absolute Gasteiger partial charge is 0.313 e. The molecule has 0 bridgehead atoms. The average molecular weight is 431 g/mol. The van der Waals surface area contributed by atoms with Gasteiger partial charge in [0.15, 0.2) is 11.4 Å². The highest BCUT2D eigenvalue weighted by Gasteiger charge is 2.47. The zero-order valence-corrected chi connectivity index (χ0v) is 17.4. The van der Waals surface area contributed by atoms with Crippen LogP contribution in [0.5, 0.6) is 0 Å². The van der Waals surface area contributed by atoms with Gasteiger partial charge in [0.1, 0.15) is 30.6 Å². The summed E-state index contributed by atoms with van der Waals surface area (Å²) >= 11 is 0. The number of nitrogen functional groups attached to an aromatic ring is 1. The van der Waals surface area contributed by atoms with E-state index in [2.05, 4.69) is 16.2 Å². The first-order valence-electron chi connectivity index (χ1n) is 9.96. The summed E-state index contributed by atoms with van der Waals surface area (Å²) in [5, 5.41) is 23.5. The molecule has 1 saturated heterocycles. The molecule has 1 aliphatic heterocycles. The van der Waals surface area contributed by atoms with Crippen molar-refractivity contribution in [2.45, 2.75) is 38.4 Å². The third kappa shape index (κ3) is 4.45. The molecule has 11 heteroatoms. The van der Waals surface area contributed by atoms with Crippen molar-refractivity contribution in [3.05, 3.63) is 24.2 Å². The Labute approximate surface area is 178 Å². The molecule has 0 amide bonds. The van der Waals surface area contributed by atoms with Gasteiger partial charge < -0.3 is 25.1 Å². The second-order valence-electron chi connectivity index (χ2n) is 7.48. The molecule has 31 heavy (non-hydrogen) atoms. The van der Waals surface area contributed by atoms with Crippen LogP contribution in [0.15, 0.2) is 18.5 Å². The molecule has 3 heterocycles. The van der Waals surface area contributed by atoms with Gasteiger partial charge in [-0.15, -0.1) is 0 Å². The van der Waals surface area contributed by atoms with Crippen LogP contribution in [0.1, 0.15) is 32.4 Å². The standard InChI is InChI=1S/C20H25N5O6/c1-3-17(27)29-9-14(12(2)7-26)19(28)31-13-6-20(10-21,30-8-13)16-5-4-15-18(22)23-11-24-25(15)16/h4-5,11-14,26H,3,6-9H2,1-2H3,(H2,22,23,24)/t12-,13?,14+,20+/m1/s1. The number of aliphatic hydroxyl groups is 1. The molecule has 0 radical (unpaired) electrons. The molecule has 3 N–H and O–H groups in total. The van der Waals surface area contributed by atoms with Gasteiger partial charge in [-0.05, 0) is 18.1 Å². The van der Waals surface area contributed by atoms with Crippen molar-refractivity contribution >= 4 is 23.3 Å². The number of anilines is 1. The van der Waals surface area contributed by atoms with Crippen LogP contribution in [0.4, 0.5) is 5.82 Å². The SMILES string of the molecule is CCC(=O)OC[C@H](C(=O)OC1CO[C@@](C#N)(c2ccc3c(N)ncnn23)C1)[C@H](C)CO. The lowest BCUT2D eigenvalue weighted by Crippen LogP contribution is -2.34. The minimum Gasteiger partial charge on any atom is -0.465 e. The van der Waals surface area contributed by atoms with Crippen molar-refractivity contribution in [3.63, 3.8) is 0 Å². The number of hydrogen-bond acceptors (Lipinski definition) is 10. The summed E-state index contributed by atoms with van der Waals surface area (Å²) < 4.78 is 17.9. The van der Waals surface area contributed by atoms with Crippen molar-refractivity contribution in [1.82, 2.24) is 14.6 Å². The first-order chi connectivity index (χ1) is 14.8. The summed E-state index contributed by atoms with van der Waals surface area (Å²) in [5.74, 6) is -2.12. The Morgan fingerprint density at radius 3 is 2.97 bits per heavy atom. The van der Waals surface area contributed by atoms with E-state index in [1.54, 1.807) is 26.0 Å². The summed E-state index contributed by atoms with van der Waals surface area (Å²) in [4.78, 5) is 28.1. The summed E-state index contributed by atoms with van der Waals surface area (Å²) in [6, 6.07) is 5.52.